The minimum absolute atomic E-state index is 0. The van der Waals surface area contributed by atoms with Crippen molar-refractivity contribution in [2.75, 3.05) is 18.0 Å². The van der Waals surface area contributed by atoms with Crippen molar-refractivity contribution in [2.45, 2.75) is 38.1 Å². The van der Waals surface area contributed by atoms with Crippen LogP contribution in [0.5, 0.6) is 0 Å². The van der Waals surface area contributed by atoms with Crippen LogP contribution in [0, 0.1) is 0 Å². The molecular weight excluding hydrogens is 376 g/mol. The molecule has 2 aromatic carbocycles. The summed E-state index contributed by atoms with van der Waals surface area (Å²) in [6.07, 6.45) is 2.86. The zero-order chi connectivity index (χ0) is 18.8. The van der Waals surface area contributed by atoms with Crippen molar-refractivity contribution >= 4 is 30.0 Å². The van der Waals surface area contributed by atoms with Gasteiger partial charge in [-0.25, -0.2) is 0 Å². The summed E-state index contributed by atoms with van der Waals surface area (Å²) in [5, 5.41) is 12.2. The summed E-state index contributed by atoms with van der Waals surface area (Å²) in [6, 6.07) is 14.0. The van der Waals surface area contributed by atoms with Crippen LogP contribution in [0.15, 0.2) is 42.5 Å². The number of nitrogens with one attached hydrogen (secondary N) is 1. The fraction of sp³-hybridized carbons (Fsp3) is 0.364. The number of nitrogens with zero attached hydrogens (tertiary/aromatic N) is 1. The molecular formula is C22H25ClN2O3. The minimum Gasteiger partial charge on any atom is -0.481 e. The average Bonchev–Trinajstić information content (AvgIpc) is 3.03. The number of carbonyl (C=O) groups excluding carboxylic acids is 1. The third-order valence-corrected chi connectivity index (χ3v) is 5.62. The first kappa shape index (κ1) is 20.4. The van der Waals surface area contributed by atoms with Gasteiger partial charge in [0.1, 0.15) is 0 Å². The number of benzene rings is 2. The number of piperidine rings is 1. The van der Waals surface area contributed by atoms with E-state index in [0.717, 1.165) is 48.3 Å². The molecule has 1 amide bonds. The predicted molar refractivity (Wildman–Crippen MR) is 111 cm³/mol. The Labute approximate surface area is 171 Å². The highest BCUT2D eigenvalue weighted by Crippen LogP contribution is 2.33. The molecule has 148 valence electrons. The Morgan fingerprint density at radius 3 is 2.50 bits per heavy atom. The summed E-state index contributed by atoms with van der Waals surface area (Å²) >= 11 is 0. The van der Waals surface area contributed by atoms with E-state index in [-0.39, 0.29) is 24.7 Å². The van der Waals surface area contributed by atoms with Crippen molar-refractivity contribution in [1.29, 1.82) is 0 Å². The molecule has 2 N–H and O–H groups in total. The molecule has 2 aromatic rings. The number of fused-ring (bicyclic) bond motifs is 1. The largest absolute Gasteiger partial charge is 0.481 e. The van der Waals surface area contributed by atoms with Crippen molar-refractivity contribution in [3.05, 3.63) is 64.7 Å². The normalized spacial score (nSPS) is 16.6. The topological polar surface area (TPSA) is 69.6 Å². The fourth-order valence-corrected chi connectivity index (χ4v) is 4.03. The smallest absolute Gasteiger partial charge is 0.303 e. The van der Waals surface area contributed by atoms with Gasteiger partial charge < -0.3 is 15.3 Å². The van der Waals surface area contributed by atoms with Crippen LogP contribution in [0.2, 0.25) is 0 Å². The summed E-state index contributed by atoms with van der Waals surface area (Å²) in [5.74, 6) is -0.209. The molecule has 2 heterocycles. The minimum atomic E-state index is -0.797. The lowest BCUT2D eigenvalue weighted by Gasteiger charge is -2.23. The van der Waals surface area contributed by atoms with Crippen molar-refractivity contribution < 1.29 is 14.7 Å². The zero-order valence-corrected chi connectivity index (χ0v) is 16.5. The number of anilines is 1. The maximum Gasteiger partial charge on any atom is 0.303 e. The van der Waals surface area contributed by atoms with Crippen molar-refractivity contribution in [2.24, 2.45) is 0 Å². The van der Waals surface area contributed by atoms with Crippen molar-refractivity contribution in [1.82, 2.24) is 5.32 Å². The first-order valence-corrected chi connectivity index (χ1v) is 9.58. The number of rotatable bonds is 5. The van der Waals surface area contributed by atoms with Gasteiger partial charge in [-0.15, -0.1) is 12.4 Å². The fourth-order valence-electron chi connectivity index (χ4n) is 4.03. The third-order valence-electron chi connectivity index (χ3n) is 5.62. The quantitative estimate of drug-likeness (QED) is 0.801. The number of amides is 1. The van der Waals surface area contributed by atoms with Crippen LogP contribution in [-0.2, 0) is 17.8 Å². The summed E-state index contributed by atoms with van der Waals surface area (Å²) in [7, 11) is 0. The van der Waals surface area contributed by atoms with Gasteiger partial charge in [-0.2, -0.15) is 0 Å². The van der Waals surface area contributed by atoms with E-state index in [9.17, 15) is 9.59 Å². The monoisotopic (exact) mass is 400 g/mol. The number of hydrogen-bond donors (Lipinski definition) is 2. The van der Waals surface area contributed by atoms with E-state index in [1.54, 1.807) is 4.90 Å². The Morgan fingerprint density at radius 1 is 1.11 bits per heavy atom. The Balaban J connectivity index is 0.00000225. The second-order valence-electron chi connectivity index (χ2n) is 7.39. The number of aliphatic carboxylic acids is 1. The molecule has 6 heteroatoms. The van der Waals surface area contributed by atoms with E-state index in [0.29, 0.717) is 18.9 Å². The number of carboxylic acids is 1. The molecule has 1 fully saturated rings. The zero-order valence-electron chi connectivity index (χ0n) is 15.7. The summed E-state index contributed by atoms with van der Waals surface area (Å²) in [6.45, 7) is 2.67. The van der Waals surface area contributed by atoms with Crippen molar-refractivity contribution in [3.8, 4) is 0 Å². The molecule has 0 atom stereocenters. The second kappa shape index (κ2) is 8.76. The van der Waals surface area contributed by atoms with E-state index in [2.05, 4.69) is 23.5 Å². The van der Waals surface area contributed by atoms with Crippen LogP contribution >= 0.6 is 12.4 Å². The van der Waals surface area contributed by atoms with Gasteiger partial charge in [-0.3, -0.25) is 9.59 Å². The summed E-state index contributed by atoms with van der Waals surface area (Å²) in [5.41, 5.74) is 5.00. The van der Waals surface area contributed by atoms with E-state index in [4.69, 9.17) is 5.11 Å². The predicted octanol–water partition coefficient (Wildman–Crippen LogP) is 3.75. The lowest BCUT2D eigenvalue weighted by molar-refractivity contribution is -0.136. The van der Waals surface area contributed by atoms with Gasteiger partial charge in [0.05, 0.1) is 6.54 Å². The molecule has 2 aliphatic heterocycles. The van der Waals surface area contributed by atoms with Crippen LogP contribution in [0.4, 0.5) is 5.69 Å². The van der Waals surface area contributed by atoms with Crippen molar-refractivity contribution in [3.63, 3.8) is 0 Å². The van der Waals surface area contributed by atoms with Crippen LogP contribution in [0.25, 0.3) is 0 Å². The van der Waals surface area contributed by atoms with Crippen LogP contribution < -0.4 is 10.2 Å². The van der Waals surface area contributed by atoms with E-state index in [1.807, 2.05) is 24.3 Å². The molecule has 0 bridgehead atoms. The molecule has 28 heavy (non-hydrogen) atoms. The van der Waals surface area contributed by atoms with Crippen LogP contribution in [-0.4, -0.2) is 30.1 Å². The van der Waals surface area contributed by atoms with Gasteiger partial charge in [0.25, 0.3) is 5.91 Å². The standard InChI is InChI=1S/C22H24N2O3.ClH/c25-21(26)8-3-15-1-6-19(7-2-15)24-14-18-5-4-17(13-20(18)22(24)27)16-9-11-23-12-10-16;/h1-2,4-7,13,16,23H,3,8-12,14H2,(H,25,26);1H. The first-order valence-electron chi connectivity index (χ1n) is 9.58. The molecule has 5 nitrogen and oxygen atoms in total. The van der Waals surface area contributed by atoms with Gasteiger partial charge in [0.15, 0.2) is 0 Å². The molecule has 2 aliphatic rings. The SMILES string of the molecule is Cl.O=C(O)CCc1ccc(N2Cc3ccc(C4CCNCC4)cc3C2=O)cc1. The van der Waals surface area contributed by atoms with Gasteiger partial charge >= 0.3 is 5.97 Å². The van der Waals surface area contributed by atoms with Gasteiger partial charge in [-0.1, -0.05) is 24.3 Å². The second-order valence-corrected chi connectivity index (χ2v) is 7.39. The number of hydrogen-bond acceptors (Lipinski definition) is 3. The molecule has 0 aromatic heterocycles. The summed E-state index contributed by atoms with van der Waals surface area (Å²) < 4.78 is 0. The Bertz CT molecular complexity index is 861. The van der Waals surface area contributed by atoms with Gasteiger partial charge in [0.2, 0.25) is 0 Å². The average molecular weight is 401 g/mol. The van der Waals surface area contributed by atoms with Crippen LogP contribution in [0.3, 0.4) is 0 Å². The maximum absolute atomic E-state index is 13.0. The third kappa shape index (κ3) is 4.21. The Kier molecular flexibility index (Phi) is 6.37. The molecule has 0 aliphatic carbocycles. The maximum atomic E-state index is 13.0. The highest BCUT2D eigenvalue weighted by Gasteiger charge is 2.29. The molecule has 0 spiro atoms. The van der Waals surface area contributed by atoms with Gasteiger partial charge in [0, 0.05) is 17.7 Å². The van der Waals surface area contributed by atoms with E-state index < -0.39 is 5.97 Å². The first-order chi connectivity index (χ1) is 13.1. The van der Waals surface area contributed by atoms with Gasteiger partial charge in [-0.05, 0) is 73.2 Å². The number of aryl methyl sites for hydroxylation is 1. The van der Waals surface area contributed by atoms with Crippen LogP contribution in [0.1, 0.15) is 52.2 Å². The molecule has 0 unspecified atom stereocenters. The highest BCUT2D eigenvalue weighted by molar-refractivity contribution is 6.10. The molecule has 0 saturated carbocycles. The Hall–Kier alpha value is -2.37. The molecule has 0 radical (unpaired) electrons. The lowest BCUT2D eigenvalue weighted by Crippen LogP contribution is -2.26. The number of carboxylic acid groups (broad SMARTS) is 1. The van der Waals surface area contributed by atoms with E-state index in [1.165, 1.54) is 5.56 Å². The van der Waals surface area contributed by atoms with E-state index >= 15 is 0 Å². The number of carbonyl (C=O) groups is 2. The molecule has 4 rings (SSSR count). The highest BCUT2D eigenvalue weighted by atomic mass is 35.5. The summed E-state index contributed by atoms with van der Waals surface area (Å²) in [4.78, 5) is 25.5. The lowest BCUT2D eigenvalue weighted by atomic mass is 9.88. The molecule has 1 saturated heterocycles. The Morgan fingerprint density at radius 2 is 1.82 bits per heavy atom. The number of halogens is 1.